The van der Waals surface area contributed by atoms with Gasteiger partial charge in [0.25, 0.3) is 5.91 Å². The number of benzene rings is 2. The number of aromatic hydroxyl groups is 1. The fourth-order valence-corrected chi connectivity index (χ4v) is 3.57. The lowest BCUT2D eigenvalue weighted by Crippen LogP contribution is -2.34. The van der Waals surface area contributed by atoms with Crippen LogP contribution in [0.3, 0.4) is 0 Å². The quantitative estimate of drug-likeness (QED) is 0.324. The minimum Gasteiger partial charge on any atom is -0.504 e. The Labute approximate surface area is 195 Å². The van der Waals surface area contributed by atoms with Gasteiger partial charge in [-0.1, -0.05) is 24.8 Å². The van der Waals surface area contributed by atoms with Crippen molar-refractivity contribution < 1.29 is 14.6 Å². The molecule has 0 spiro atoms. The number of phenols is 1. The van der Waals surface area contributed by atoms with Crippen molar-refractivity contribution in [3.63, 3.8) is 0 Å². The maximum atomic E-state index is 12.8. The molecule has 34 heavy (non-hydrogen) atoms. The van der Waals surface area contributed by atoms with E-state index in [0.717, 1.165) is 0 Å². The summed E-state index contributed by atoms with van der Waals surface area (Å²) in [7, 11) is 1.46. The number of amides is 1. The molecule has 0 atom stereocenters. The molecule has 0 aliphatic heterocycles. The first-order valence-electron chi connectivity index (χ1n) is 10.2. The molecule has 0 unspecified atom stereocenters. The average molecular weight is 455 g/mol. The second-order valence-electron chi connectivity index (χ2n) is 7.27. The molecule has 0 aliphatic carbocycles. The zero-order chi connectivity index (χ0) is 24.2. The summed E-state index contributed by atoms with van der Waals surface area (Å²) in [6.07, 6.45) is 1.35. The second-order valence-corrected chi connectivity index (χ2v) is 7.27. The van der Waals surface area contributed by atoms with Gasteiger partial charge in [-0.2, -0.15) is 5.10 Å². The molecule has 3 N–H and O–H groups in total. The molecule has 4 rings (SSSR count). The van der Waals surface area contributed by atoms with Gasteiger partial charge in [0.05, 0.1) is 25.6 Å². The van der Waals surface area contributed by atoms with Crippen LogP contribution in [0.4, 0.5) is 11.5 Å². The van der Waals surface area contributed by atoms with Crippen LogP contribution < -0.4 is 15.4 Å². The minimum atomic E-state index is -0.490. The smallest absolute Gasteiger partial charge is 0.256 e. The Morgan fingerprint density at radius 1 is 1.26 bits per heavy atom. The highest BCUT2D eigenvalue weighted by Crippen LogP contribution is 2.35. The van der Waals surface area contributed by atoms with Crippen molar-refractivity contribution in [2.45, 2.75) is 6.54 Å². The Morgan fingerprint density at radius 3 is 2.74 bits per heavy atom. The van der Waals surface area contributed by atoms with Crippen LogP contribution in [0.15, 0.2) is 67.1 Å². The maximum Gasteiger partial charge on any atom is 0.256 e. The molecule has 2 heterocycles. The van der Waals surface area contributed by atoms with Gasteiger partial charge >= 0.3 is 0 Å². The summed E-state index contributed by atoms with van der Waals surface area (Å²) in [6.45, 7) is 11.2. The molecule has 10 heteroatoms. The molecular formula is C24H21N7O3. The second kappa shape index (κ2) is 9.30. The third-order valence-electron chi connectivity index (χ3n) is 5.24. The number of hydrogen-bond acceptors (Lipinski definition) is 7. The summed E-state index contributed by atoms with van der Waals surface area (Å²) in [6, 6.07) is 13.9. The molecule has 0 aliphatic rings. The van der Waals surface area contributed by atoms with Crippen LogP contribution in [0.25, 0.3) is 27.1 Å². The number of aromatic nitrogens is 4. The Morgan fingerprint density at radius 2 is 2.03 bits per heavy atom. The minimum absolute atomic E-state index is 0.00346. The number of carbonyl (C=O) groups excluding carboxylic acids is 1. The Hall–Kier alpha value is -4.91. The number of para-hydroxylation sites is 1. The highest BCUT2D eigenvalue weighted by molar-refractivity contribution is 6.06. The number of phenolic OH excluding ortho intramolecular Hbond substituents is 1. The number of nitrogen functional groups attached to an aromatic ring is 1. The predicted molar refractivity (Wildman–Crippen MR) is 128 cm³/mol. The predicted octanol–water partition coefficient (Wildman–Crippen LogP) is 3.26. The number of fused-ring (bicyclic) bond motifs is 1. The van der Waals surface area contributed by atoms with E-state index >= 15 is 0 Å². The van der Waals surface area contributed by atoms with Crippen molar-refractivity contribution in [2.75, 3.05) is 24.3 Å². The average Bonchev–Trinajstić information content (AvgIpc) is 3.24. The normalized spacial score (nSPS) is 10.6. The molecule has 2 aromatic carbocycles. The number of carbonyl (C=O) groups is 1. The molecule has 4 aromatic rings. The first kappa shape index (κ1) is 22.3. The van der Waals surface area contributed by atoms with Gasteiger partial charge in [0, 0.05) is 17.8 Å². The molecule has 1 amide bonds. The standard InChI is InChI=1S/C24H21N7O3/c1-15(26-2)24(33)30(17-7-5-4-6-8-17)11-12-31-23-20(22(25)27-14-28-23)21(29-31)16-9-10-18(32)19(13-16)34-3/h4-10,13-14,32H,1,11-12H2,3H3,(H2,25,27,28). The number of methoxy groups -OCH3 is 1. The fraction of sp³-hybridized carbons (Fsp3) is 0.125. The molecule has 10 nitrogen and oxygen atoms in total. The Bertz CT molecular complexity index is 1420. The molecule has 0 saturated carbocycles. The number of hydrogen-bond donors (Lipinski definition) is 2. The van der Waals surface area contributed by atoms with Gasteiger partial charge in [0.1, 0.15) is 17.8 Å². The van der Waals surface area contributed by atoms with E-state index in [0.29, 0.717) is 28.0 Å². The lowest BCUT2D eigenvalue weighted by Gasteiger charge is -2.22. The monoisotopic (exact) mass is 455 g/mol. The van der Waals surface area contributed by atoms with Crippen molar-refractivity contribution in [3.8, 4) is 22.8 Å². The number of nitrogens with zero attached hydrogens (tertiary/aromatic N) is 6. The zero-order valence-electron chi connectivity index (χ0n) is 18.3. The molecule has 170 valence electrons. The number of rotatable bonds is 7. The van der Waals surface area contributed by atoms with E-state index in [1.54, 1.807) is 28.9 Å². The first-order valence-corrected chi connectivity index (χ1v) is 10.2. The van der Waals surface area contributed by atoms with E-state index in [1.807, 2.05) is 18.2 Å². The topological polar surface area (TPSA) is 124 Å². The highest BCUT2D eigenvalue weighted by Gasteiger charge is 2.22. The molecule has 0 saturated heterocycles. The van der Waals surface area contributed by atoms with Gasteiger partial charge in [-0.25, -0.2) is 19.5 Å². The summed E-state index contributed by atoms with van der Waals surface area (Å²) in [4.78, 5) is 26.0. The van der Waals surface area contributed by atoms with Crippen LogP contribution in [-0.2, 0) is 11.3 Å². The summed E-state index contributed by atoms with van der Waals surface area (Å²) in [5, 5.41) is 15.2. The number of anilines is 2. The van der Waals surface area contributed by atoms with Gasteiger partial charge in [-0.15, -0.1) is 0 Å². The van der Waals surface area contributed by atoms with Crippen molar-refractivity contribution >= 4 is 28.4 Å². The first-order chi connectivity index (χ1) is 16.4. The van der Waals surface area contributed by atoms with E-state index in [4.69, 9.17) is 22.1 Å². The summed E-state index contributed by atoms with van der Waals surface area (Å²) >= 11 is 0. The van der Waals surface area contributed by atoms with Gasteiger partial charge in [-0.3, -0.25) is 4.79 Å². The van der Waals surface area contributed by atoms with Crippen LogP contribution in [0.1, 0.15) is 0 Å². The third kappa shape index (κ3) is 4.10. The van der Waals surface area contributed by atoms with Crippen molar-refractivity contribution in [3.05, 3.63) is 78.6 Å². The van der Waals surface area contributed by atoms with E-state index in [2.05, 4.69) is 21.4 Å². The van der Waals surface area contributed by atoms with Crippen molar-refractivity contribution in [1.29, 1.82) is 0 Å². The highest BCUT2D eigenvalue weighted by atomic mass is 16.5. The van der Waals surface area contributed by atoms with Crippen LogP contribution >= 0.6 is 0 Å². The van der Waals surface area contributed by atoms with E-state index in [1.165, 1.54) is 24.4 Å². The van der Waals surface area contributed by atoms with E-state index < -0.39 is 5.91 Å². The Kier molecular flexibility index (Phi) is 6.09. The molecule has 2 aromatic heterocycles. The summed E-state index contributed by atoms with van der Waals surface area (Å²) in [5.41, 5.74) is 8.26. The van der Waals surface area contributed by atoms with Crippen LogP contribution in [0, 0.1) is 6.57 Å². The number of ether oxygens (including phenoxy) is 1. The van der Waals surface area contributed by atoms with Gasteiger partial charge in [0.2, 0.25) is 5.70 Å². The summed E-state index contributed by atoms with van der Waals surface area (Å²) < 4.78 is 6.85. The van der Waals surface area contributed by atoms with E-state index in [-0.39, 0.29) is 36.1 Å². The SMILES string of the molecule is [C-]#[N+]C(=C)C(=O)N(CCn1nc(-c2ccc(O)c(OC)c2)c2c(N)ncnc21)c1ccccc1. The number of nitrogens with two attached hydrogens (primary N) is 1. The van der Waals surface area contributed by atoms with Crippen molar-refractivity contribution in [1.82, 2.24) is 19.7 Å². The van der Waals surface area contributed by atoms with Gasteiger partial charge in [0.15, 0.2) is 17.1 Å². The molecule has 0 fully saturated rings. The van der Waals surface area contributed by atoms with Crippen LogP contribution in [0.2, 0.25) is 0 Å². The van der Waals surface area contributed by atoms with E-state index in [9.17, 15) is 9.90 Å². The van der Waals surface area contributed by atoms with Gasteiger partial charge in [-0.05, 0) is 30.3 Å². The lowest BCUT2D eigenvalue weighted by atomic mass is 10.1. The third-order valence-corrected chi connectivity index (χ3v) is 5.24. The lowest BCUT2D eigenvalue weighted by molar-refractivity contribution is -0.114. The molecule has 0 bridgehead atoms. The largest absolute Gasteiger partial charge is 0.504 e. The van der Waals surface area contributed by atoms with Crippen molar-refractivity contribution in [2.24, 2.45) is 0 Å². The van der Waals surface area contributed by atoms with Crippen LogP contribution in [0.5, 0.6) is 11.5 Å². The fourth-order valence-electron chi connectivity index (χ4n) is 3.57. The Balaban J connectivity index is 1.75. The maximum absolute atomic E-state index is 12.8. The molecular weight excluding hydrogens is 434 g/mol. The van der Waals surface area contributed by atoms with Gasteiger partial charge < -0.3 is 20.5 Å². The zero-order valence-corrected chi connectivity index (χ0v) is 18.3. The summed E-state index contributed by atoms with van der Waals surface area (Å²) in [5.74, 6) is 0.0383. The van der Waals surface area contributed by atoms with Crippen LogP contribution in [-0.4, -0.2) is 44.4 Å². The molecule has 0 radical (unpaired) electrons.